The van der Waals surface area contributed by atoms with Gasteiger partial charge in [-0.05, 0) is 17.9 Å². The van der Waals surface area contributed by atoms with Crippen molar-refractivity contribution in [3.8, 4) is 0 Å². The van der Waals surface area contributed by atoms with Gasteiger partial charge in [0.15, 0.2) is 0 Å². The van der Waals surface area contributed by atoms with Gasteiger partial charge in [0.2, 0.25) is 0 Å². The van der Waals surface area contributed by atoms with Crippen LogP contribution in [-0.2, 0) is 4.79 Å². The van der Waals surface area contributed by atoms with Crippen LogP contribution in [0.2, 0.25) is 0 Å². The fourth-order valence-electron chi connectivity index (χ4n) is 1.51. The molecule has 0 radical (unpaired) electrons. The van der Waals surface area contributed by atoms with Gasteiger partial charge in [0.25, 0.3) is 0 Å². The fourth-order valence-corrected chi connectivity index (χ4v) is 2.42. The van der Waals surface area contributed by atoms with E-state index >= 15 is 0 Å². The molecule has 1 heterocycles. The van der Waals surface area contributed by atoms with E-state index in [9.17, 15) is 4.79 Å². The number of allylic oxidation sites excluding steroid dienone is 1. The van der Waals surface area contributed by atoms with E-state index in [0.717, 1.165) is 20.7 Å². The zero-order valence-electron chi connectivity index (χ0n) is 8.73. The van der Waals surface area contributed by atoms with Gasteiger partial charge in [-0.15, -0.1) is 0 Å². The van der Waals surface area contributed by atoms with Crippen molar-refractivity contribution < 1.29 is 9.90 Å². The number of aliphatic carboxylic acids is 1. The molecular formula is C12H11NO2S. The Balaban J connectivity index is 2.31. The van der Waals surface area contributed by atoms with Crippen molar-refractivity contribution in [1.82, 2.24) is 4.98 Å². The first-order chi connectivity index (χ1) is 7.66. The Kier molecular flexibility index (Phi) is 3.01. The second kappa shape index (κ2) is 4.45. The average Bonchev–Trinajstić information content (AvgIpc) is 2.61. The minimum absolute atomic E-state index is 0.761. The van der Waals surface area contributed by atoms with Crippen LogP contribution in [-0.4, -0.2) is 16.1 Å². The van der Waals surface area contributed by atoms with E-state index in [1.807, 2.05) is 30.5 Å². The van der Waals surface area contributed by atoms with Gasteiger partial charge < -0.3 is 10.1 Å². The molecule has 0 unspecified atom stereocenters. The molecule has 2 rings (SSSR count). The number of hydrogen-bond acceptors (Lipinski definition) is 2. The lowest BCUT2D eigenvalue weighted by atomic mass is 10.2. The molecule has 1 aromatic carbocycles. The van der Waals surface area contributed by atoms with Crippen LogP contribution in [0.5, 0.6) is 0 Å². The lowest BCUT2D eigenvalue weighted by Gasteiger charge is -1.98. The second-order valence-corrected chi connectivity index (χ2v) is 4.68. The molecule has 0 fully saturated rings. The van der Waals surface area contributed by atoms with Crippen LogP contribution in [0, 0.1) is 0 Å². The van der Waals surface area contributed by atoms with Crippen LogP contribution >= 0.6 is 11.8 Å². The van der Waals surface area contributed by atoms with E-state index < -0.39 is 5.97 Å². The van der Waals surface area contributed by atoms with Gasteiger partial charge in [-0.25, -0.2) is 4.79 Å². The summed E-state index contributed by atoms with van der Waals surface area (Å²) in [7, 11) is 0. The SMILES string of the molecule is C/C(=C\C(=O)O)Sc1c[nH]c2ccccc12. The maximum Gasteiger partial charge on any atom is 0.329 e. The Morgan fingerprint density at radius 2 is 2.19 bits per heavy atom. The molecule has 0 spiro atoms. The van der Waals surface area contributed by atoms with E-state index in [2.05, 4.69) is 4.98 Å². The van der Waals surface area contributed by atoms with Gasteiger partial charge in [0, 0.05) is 28.1 Å². The summed E-state index contributed by atoms with van der Waals surface area (Å²) in [5.74, 6) is -0.912. The van der Waals surface area contributed by atoms with E-state index in [1.54, 1.807) is 6.92 Å². The van der Waals surface area contributed by atoms with E-state index in [4.69, 9.17) is 5.11 Å². The molecule has 2 aromatic rings. The Bertz CT molecular complexity index is 557. The van der Waals surface area contributed by atoms with Crippen molar-refractivity contribution in [1.29, 1.82) is 0 Å². The van der Waals surface area contributed by atoms with Crippen LogP contribution in [0.4, 0.5) is 0 Å². The number of benzene rings is 1. The van der Waals surface area contributed by atoms with Crippen LogP contribution < -0.4 is 0 Å². The predicted molar refractivity (Wildman–Crippen MR) is 65.5 cm³/mol. The third-order valence-electron chi connectivity index (χ3n) is 2.15. The molecule has 3 nitrogen and oxygen atoms in total. The molecule has 4 heteroatoms. The molecule has 0 aliphatic rings. The maximum absolute atomic E-state index is 10.5. The first-order valence-electron chi connectivity index (χ1n) is 4.82. The Morgan fingerprint density at radius 3 is 2.94 bits per heavy atom. The van der Waals surface area contributed by atoms with Crippen LogP contribution in [0.15, 0.2) is 46.3 Å². The van der Waals surface area contributed by atoms with Crippen molar-refractivity contribution in [3.05, 3.63) is 41.4 Å². The summed E-state index contributed by atoms with van der Waals surface area (Å²) in [6.07, 6.45) is 3.11. The molecule has 0 atom stereocenters. The largest absolute Gasteiger partial charge is 0.478 e. The molecule has 0 saturated carbocycles. The van der Waals surface area contributed by atoms with Crippen molar-refractivity contribution >= 4 is 28.6 Å². The number of aromatic nitrogens is 1. The standard InChI is InChI=1S/C12H11NO2S/c1-8(6-12(14)15)16-11-7-13-10-5-3-2-4-9(10)11/h2-7,13H,1H3,(H,14,15)/b8-6+. The van der Waals surface area contributed by atoms with Gasteiger partial charge in [-0.2, -0.15) is 0 Å². The summed E-state index contributed by atoms with van der Waals surface area (Å²) in [5, 5.41) is 9.74. The summed E-state index contributed by atoms with van der Waals surface area (Å²) in [4.78, 5) is 15.5. The smallest absolute Gasteiger partial charge is 0.329 e. The van der Waals surface area contributed by atoms with Gasteiger partial charge in [0.05, 0.1) is 0 Å². The highest BCUT2D eigenvalue weighted by molar-refractivity contribution is 8.03. The third-order valence-corrected chi connectivity index (χ3v) is 3.15. The number of nitrogens with one attached hydrogen (secondary N) is 1. The monoisotopic (exact) mass is 233 g/mol. The minimum atomic E-state index is -0.912. The molecule has 0 aliphatic heterocycles. The molecule has 2 N–H and O–H groups in total. The van der Waals surface area contributed by atoms with E-state index in [1.165, 1.54) is 17.8 Å². The summed E-state index contributed by atoms with van der Waals surface area (Å²) in [6.45, 7) is 1.79. The van der Waals surface area contributed by atoms with Crippen molar-refractivity contribution in [2.24, 2.45) is 0 Å². The zero-order chi connectivity index (χ0) is 11.5. The van der Waals surface area contributed by atoms with Crippen molar-refractivity contribution in [2.75, 3.05) is 0 Å². The van der Waals surface area contributed by atoms with E-state index in [0.29, 0.717) is 0 Å². The van der Waals surface area contributed by atoms with Crippen LogP contribution in [0.3, 0.4) is 0 Å². The molecule has 0 amide bonds. The second-order valence-electron chi connectivity index (χ2n) is 3.39. The highest BCUT2D eigenvalue weighted by Crippen LogP contribution is 2.32. The normalized spacial score (nSPS) is 11.9. The number of carboxylic acids is 1. The molecule has 16 heavy (non-hydrogen) atoms. The number of carbonyl (C=O) groups is 1. The number of carboxylic acid groups (broad SMARTS) is 1. The molecule has 82 valence electrons. The van der Waals surface area contributed by atoms with Crippen LogP contribution in [0.25, 0.3) is 10.9 Å². The molecule has 0 bridgehead atoms. The minimum Gasteiger partial charge on any atom is -0.478 e. The number of para-hydroxylation sites is 1. The van der Waals surface area contributed by atoms with Crippen molar-refractivity contribution in [2.45, 2.75) is 11.8 Å². The first-order valence-corrected chi connectivity index (χ1v) is 5.63. The molecular weight excluding hydrogens is 222 g/mol. The van der Waals surface area contributed by atoms with Crippen LogP contribution in [0.1, 0.15) is 6.92 Å². The first kappa shape index (κ1) is 10.8. The fraction of sp³-hybridized carbons (Fsp3) is 0.0833. The number of rotatable bonds is 3. The lowest BCUT2D eigenvalue weighted by Crippen LogP contribution is -1.87. The van der Waals surface area contributed by atoms with Gasteiger partial charge in [0.1, 0.15) is 0 Å². The summed E-state index contributed by atoms with van der Waals surface area (Å²) in [6, 6.07) is 7.95. The maximum atomic E-state index is 10.5. The molecule has 0 saturated heterocycles. The quantitative estimate of drug-likeness (QED) is 0.632. The number of thioether (sulfide) groups is 1. The topological polar surface area (TPSA) is 53.1 Å². The highest BCUT2D eigenvalue weighted by atomic mass is 32.2. The number of aromatic amines is 1. The number of H-pyrrole nitrogens is 1. The number of fused-ring (bicyclic) bond motifs is 1. The number of hydrogen-bond donors (Lipinski definition) is 2. The predicted octanol–water partition coefficient (Wildman–Crippen LogP) is 3.25. The molecule has 1 aromatic heterocycles. The van der Waals surface area contributed by atoms with Gasteiger partial charge in [-0.3, -0.25) is 0 Å². The Morgan fingerprint density at radius 1 is 1.44 bits per heavy atom. The zero-order valence-corrected chi connectivity index (χ0v) is 9.54. The summed E-state index contributed by atoms with van der Waals surface area (Å²) < 4.78 is 0. The summed E-state index contributed by atoms with van der Waals surface area (Å²) >= 11 is 1.46. The van der Waals surface area contributed by atoms with Gasteiger partial charge >= 0.3 is 5.97 Å². The van der Waals surface area contributed by atoms with Crippen molar-refractivity contribution in [3.63, 3.8) is 0 Å². The average molecular weight is 233 g/mol. The lowest BCUT2D eigenvalue weighted by molar-refractivity contribution is -0.131. The summed E-state index contributed by atoms with van der Waals surface area (Å²) in [5.41, 5.74) is 1.06. The molecule has 0 aliphatic carbocycles. The Labute approximate surface area is 97.2 Å². The highest BCUT2D eigenvalue weighted by Gasteiger charge is 2.04. The third kappa shape index (κ3) is 2.28. The van der Waals surface area contributed by atoms with Gasteiger partial charge in [-0.1, -0.05) is 30.0 Å². The Hall–Kier alpha value is -1.68. The van der Waals surface area contributed by atoms with E-state index in [-0.39, 0.29) is 0 Å².